The zero-order valence-electron chi connectivity index (χ0n) is 13.5. The largest absolute Gasteiger partial charge is 0.508 e. The van der Waals surface area contributed by atoms with E-state index in [4.69, 9.17) is 0 Å². The quantitative estimate of drug-likeness (QED) is 0.466. The topological polar surface area (TPSA) is 125 Å². The summed E-state index contributed by atoms with van der Waals surface area (Å²) in [5.74, 6) is -1.26. The molecule has 0 saturated carbocycles. The van der Waals surface area contributed by atoms with Gasteiger partial charge >= 0.3 is 0 Å². The van der Waals surface area contributed by atoms with E-state index in [0.29, 0.717) is 6.29 Å². The van der Waals surface area contributed by atoms with Gasteiger partial charge in [-0.15, -0.1) is 0 Å². The Hall–Kier alpha value is -2.90. The summed E-state index contributed by atoms with van der Waals surface area (Å²) < 4.78 is 0. The highest BCUT2D eigenvalue weighted by Gasteiger charge is 2.19. The fourth-order valence-electron chi connectivity index (χ4n) is 1.89. The third-order valence-corrected chi connectivity index (χ3v) is 3.15. The molecule has 2 atom stereocenters. The normalized spacial score (nSPS) is 12.6. The minimum absolute atomic E-state index is 0.112. The van der Waals surface area contributed by atoms with Crippen molar-refractivity contribution in [1.29, 1.82) is 0 Å². The molecule has 8 nitrogen and oxygen atoms in total. The molecule has 4 N–H and O–H groups in total. The summed E-state index contributed by atoms with van der Waals surface area (Å²) in [6.45, 7) is 2.53. The molecule has 0 heterocycles. The van der Waals surface area contributed by atoms with Crippen molar-refractivity contribution in [2.45, 2.75) is 32.4 Å². The first kappa shape index (κ1) is 19.1. The molecule has 0 aliphatic heterocycles. The minimum Gasteiger partial charge on any atom is -0.508 e. The smallest absolute Gasteiger partial charge is 0.242 e. The molecule has 0 spiro atoms. The Balaban J connectivity index is 2.50. The van der Waals surface area contributed by atoms with Crippen molar-refractivity contribution in [2.75, 3.05) is 6.54 Å². The maximum Gasteiger partial charge on any atom is 0.242 e. The van der Waals surface area contributed by atoms with Crippen LogP contribution in [0.25, 0.3) is 0 Å². The Kier molecular flexibility index (Phi) is 7.41. The second kappa shape index (κ2) is 9.29. The van der Waals surface area contributed by atoms with E-state index in [0.717, 1.165) is 5.56 Å². The van der Waals surface area contributed by atoms with E-state index < -0.39 is 23.9 Å². The van der Waals surface area contributed by atoms with Crippen LogP contribution in [-0.4, -0.2) is 47.7 Å². The fourth-order valence-corrected chi connectivity index (χ4v) is 1.89. The highest BCUT2D eigenvalue weighted by Crippen LogP contribution is 2.10. The second-order valence-corrected chi connectivity index (χ2v) is 5.32. The maximum absolute atomic E-state index is 12.0. The highest BCUT2D eigenvalue weighted by molar-refractivity contribution is 5.90. The zero-order chi connectivity index (χ0) is 18.1. The number of carbonyl (C=O) groups is 4. The number of hydrogen-bond donors (Lipinski definition) is 4. The molecule has 1 aromatic carbocycles. The van der Waals surface area contributed by atoms with Crippen molar-refractivity contribution in [1.82, 2.24) is 16.0 Å². The molecule has 0 aliphatic rings. The van der Waals surface area contributed by atoms with Crippen LogP contribution in [0.15, 0.2) is 24.3 Å². The van der Waals surface area contributed by atoms with Crippen LogP contribution in [0.5, 0.6) is 5.75 Å². The van der Waals surface area contributed by atoms with Gasteiger partial charge in [0.2, 0.25) is 17.7 Å². The SMILES string of the molecule is CC(=O)NCC(=O)N[C@@H](C)C(=O)N[C@H](C=O)Cc1ccc(O)cc1. The molecule has 1 rings (SSSR count). The summed E-state index contributed by atoms with van der Waals surface area (Å²) in [7, 11) is 0. The number of phenols is 1. The summed E-state index contributed by atoms with van der Waals surface area (Å²) in [4.78, 5) is 45.4. The van der Waals surface area contributed by atoms with Crippen LogP contribution in [0.1, 0.15) is 19.4 Å². The molecule has 8 heteroatoms. The molecule has 3 amide bonds. The van der Waals surface area contributed by atoms with Gasteiger partial charge in [-0.2, -0.15) is 0 Å². The Morgan fingerprint density at radius 2 is 1.79 bits per heavy atom. The minimum atomic E-state index is -0.853. The van der Waals surface area contributed by atoms with Gasteiger partial charge in [-0.05, 0) is 31.0 Å². The first-order valence-electron chi connectivity index (χ1n) is 7.39. The van der Waals surface area contributed by atoms with E-state index in [1.807, 2.05) is 0 Å². The summed E-state index contributed by atoms with van der Waals surface area (Å²) in [6.07, 6.45) is 0.874. The molecule has 24 heavy (non-hydrogen) atoms. The van der Waals surface area contributed by atoms with Crippen LogP contribution < -0.4 is 16.0 Å². The lowest BCUT2D eigenvalue weighted by atomic mass is 10.1. The molecular weight excluding hydrogens is 314 g/mol. The summed E-state index contributed by atoms with van der Waals surface area (Å²) in [6, 6.07) is 4.67. The second-order valence-electron chi connectivity index (χ2n) is 5.32. The van der Waals surface area contributed by atoms with Crippen LogP contribution in [0.3, 0.4) is 0 Å². The van der Waals surface area contributed by atoms with Crippen LogP contribution >= 0.6 is 0 Å². The highest BCUT2D eigenvalue weighted by atomic mass is 16.3. The van der Waals surface area contributed by atoms with Crippen molar-refractivity contribution < 1.29 is 24.3 Å². The van der Waals surface area contributed by atoms with Crippen LogP contribution in [0.2, 0.25) is 0 Å². The third-order valence-electron chi connectivity index (χ3n) is 3.15. The van der Waals surface area contributed by atoms with E-state index in [9.17, 15) is 24.3 Å². The van der Waals surface area contributed by atoms with Crippen LogP contribution in [0, 0.1) is 0 Å². The standard InChI is InChI=1S/C16H21N3O5/c1-10(18-15(23)8-17-11(2)21)16(24)19-13(9-20)7-12-3-5-14(22)6-4-12/h3-6,9-10,13,22H,7-8H2,1-2H3,(H,17,21)(H,18,23)(H,19,24)/t10-,13-/m0/s1. The monoisotopic (exact) mass is 335 g/mol. The molecule has 0 saturated heterocycles. The van der Waals surface area contributed by atoms with Gasteiger partial charge < -0.3 is 25.9 Å². The summed E-state index contributed by atoms with van der Waals surface area (Å²) in [5, 5.41) is 16.5. The molecule has 0 aromatic heterocycles. The zero-order valence-corrected chi connectivity index (χ0v) is 13.5. The number of benzene rings is 1. The predicted octanol–water partition coefficient (Wildman–Crippen LogP) is -0.741. The van der Waals surface area contributed by atoms with E-state index in [-0.39, 0.29) is 24.6 Å². The van der Waals surface area contributed by atoms with Gasteiger partial charge in [-0.1, -0.05) is 12.1 Å². The average molecular weight is 335 g/mol. The summed E-state index contributed by atoms with van der Waals surface area (Å²) >= 11 is 0. The van der Waals surface area contributed by atoms with Gasteiger partial charge in [0.15, 0.2) is 0 Å². The first-order chi connectivity index (χ1) is 11.3. The molecule has 0 fully saturated rings. The van der Waals surface area contributed by atoms with Gasteiger partial charge in [0.25, 0.3) is 0 Å². The van der Waals surface area contributed by atoms with E-state index in [2.05, 4.69) is 16.0 Å². The number of hydrogen-bond acceptors (Lipinski definition) is 5. The summed E-state index contributed by atoms with van der Waals surface area (Å²) in [5.41, 5.74) is 0.771. The van der Waals surface area contributed by atoms with Gasteiger partial charge in [0, 0.05) is 6.92 Å². The lowest BCUT2D eigenvalue weighted by molar-refractivity contribution is -0.130. The van der Waals surface area contributed by atoms with Crippen molar-refractivity contribution in [2.24, 2.45) is 0 Å². The predicted molar refractivity (Wildman–Crippen MR) is 86.1 cm³/mol. The molecule has 0 aliphatic carbocycles. The average Bonchev–Trinajstić information content (AvgIpc) is 2.54. The lowest BCUT2D eigenvalue weighted by Gasteiger charge is -2.18. The molecular formula is C16H21N3O5. The molecule has 0 bridgehead atoms. The Bertz CT molecular complexity index is 600. The molecule has 0 unspecified atom stereocenters. The number of amides is 3. The third kappa shape index (κ3) is 6.91. The maximum atomic E-state index is 12.0. The van der Waals surface area contributed by atoms with E-state index in [1.54, 1.807) is 12.1 Å². The van der Waals surface area contributed by atoms with Crippen molar-refractivity contribution >= 4 is 24.0 Å². The van der Waals surface area contributed by atoms with E-state index >= 15 is 0 Å². The van der Waals surface area contributed by atoms with Crippen molar-refractivity contribution in [3.8, 4) is 5.75 Å². The number of carbonyl (C=O) groups excluding carboxylic acids is 4. The van der Waals surface area contributed by atoms with Crippen LogP contribution in [-0.2, 0) is 25.6 Å². The number of phenolic OH excluding ortho intramolecular Hbond substituents is 1. The van der Waals surface area contributed by atoms with Crippen molar-refractivity contribution in [3.05, 3.63) is 29.8 Å². The van der Waals surface area contributed by atoms with Crippen LogP contribution in [0.4, 0.5) is 0 Å². The van der Waals surface area contributed by atoms with Gasteiger partial charge in [-0.3, -0.25) is 14.4 Å². The Morgan fingerprint density at radius 3 is 2.33 bits per heavy atom. The first-order valence-corrected chi connectivity index (χ1v) is 7.39. The van der Waals surface area contributed by atoms with Gasteiger partial charge in [0.1, 0.15) is 18.1 Å². The van der Waals surface area contributed by atoms with Gasteiger partial charge in [-0.25, -0.2) is 0 Å². The van der Waals surface area contributed by atoms with Crippen molar-refractivity contribution in [3.63, 3.8) is 0 Å². The number of rotatable bonds is 8. The lowest BCUT2D eigenvalue weighted by Crippen LogP contribution is -2.50. The molecule has 0 radical (unpaired) electrons. The molecule has 1 aromatic rings. The Labute approximate surface area is 139 Å². The molecule has 130 valence electrons. The number of nitrogens with one attached hydrogen (secondary N) is 3. The van der Waals surface area contributed by atoms with Gasteiger partial charge in [0.05, 0.1) is 12.6 Å². The number of aromatic hydroxyl groups is 1. The fraction of sp³-hybridized carbons (Fsp3) is 0.375. The number of aldehydes is 1. The van der Waals surface area contributed by atoms with E-state index in [1.165, 1.54) is 26.0 Å². The Morgan fingerprint density at radius 1 is 1.17 bits per heavy atom.